The highest BCUT2D eigenvalue weighted by Gasteiger charge is 2.53. The van der Waals surface area contributed by atoms with Gasteiger partial charge in [0.05, 0.1) is 6.61 Å². The second kappa shape index (κ2) is 19.1. The highest BCUT2D eigenvalue weighted by molar-refractivity contribution is 5.88. The molecule has 1 heterocycles. The molecule has 19 nitrogen and oxygen atoms in total. The highest BCUT2D eigenvalue weighted by Crippen LogP contribution is 2.30. The number of ketones is 1. The molecule has 0 unspecified atom stereocenters. The van der Waals surface area contributed by atoms with Crippen LogP contribution >= 0.6 is 0 Å². The first-order chi connectivity index (χ1) is 21.8. The van der Waals surface area contributed by atoms with Crippen LogP contribution in [0, 0.1) is 0 Å². The SMILES string of the molecule is CC(=O)OCC(=O)[C@@H](OC(C)=O)[C@H](OC(C)=O)[C@@H](CO[C@H]1O[C@H](COC(C)=O)[C@@H](OC(C)=O)[C@H](OC(C)=O)[C@H]1OC(C)=O)OC(C)=O. The lowest BCUT2D eigenvalue weighted by Gasteiger charge is -2.44. The van der Waals surface area contributed by atoms with Crippen molar-refractivity contribution in [1.29, 1.82) is 0 Å². The Morgan fingerprint density at radius 3 is 1.51 bits per heavy atom. The number of rotatable bonds is 16. The molecule has 0 amide bonds. The molecule has 1 aliphatic rings. The molecule has 0 bridgehead atoms. The third-order valence-corrected chi connectivity index (χ3v) is 5.69. The van der Waals surface area contributed by atoms with Gasteiger partial charge in [-0.1, -0.05) is 0 Å². The number of hydrogen-bond donors (Lipinski definition) is 0. The summed E-state index contributed by atoms with van der Waals surface area (Å²) in [7, 11) is 0. The van der Waals surface area contributed by atoms with E-state index >= 15 is 0 Å². The van der Waals surface area contributed by atoms with Gasteiger partial charge in [0.25, 0.3) is 0 Å². The van der Waals surface area contributed by atoms with Crippen LogP contribution in [0.4, 0.5) is 0 Å². The zero-order valence-electron chi connectivity index (χ0n) is 27.0. The van der Waals surface area contributed by atoms with Gasteiger partial charge in [0.2, 0.25) is 11.9 Å². The third-order valence-electron chi connectivity index (χ3n) is 5.69. The summed E-state index contributed by atoms with van der Waals surface area (Å²) in [6.07, 6.45) is -13.7. The fourth-order valence-corrected chi connectivity index (χ4v) is 4.20. The van der Waals surface area contributed by atoms with Crippen LogP contribution < -0.4 is 0 Å². The van der Waals surface area contributed by atoms with E-state index in [9.17, 15) is 43.2 Å². The van der Waals surface area contributed by atoms with Crippen LogP contribution in [-0.2, 0) is 90.5 Å². The molecule has 0 N–H and O–H groups in total. The molecule has 0 aromatic carbocycles. The van der Waals surface area contributed by atoms with Gasteiger partial charge in [-0.2, -0.15) is 0 Å². The first-order valence-corrected chi connectivity index (χ1v) is 13.9. The Hall–Kier alpha value is -4.65. The summed E-state index contributed by atoms with van der Waals surface area (Å²) in [5.41, 5.74) is 0. The zero-order valence-corrected chi connectivity index (χ0v) is 27.0. The van der Waals surface area contributed by atoms with Crippen molar-refractivity contribution in [3.63, 3.8) is 0 Å². The van der Waals surface area contributed by atoms with E-state index in [4.69, 9.17) is 42.6 Å². The lowest BCUT2D eigenvalue weighted by Crippen LogP contribution is -2.63. The van der Waals surface area contributed by atoms with Gasteiger partial charge < -0.3 is 47.4 Å². The smallest absolute Gasteiger partial charge is 0.303 e. The number of esters is 8. The number of Topliss-reactive ketones (excluding diaryl/α,β-unsaturated/α-hetero) is 1. The Bertz CT molecular complexity index is 1190. The van der Waals surface area contributed by atoms with Gasteiger partial charge >= 0.3 is 47.8 Å². The van der Waals surface area contributed by atoms with Crippen molar-refractivity contribution in [3.05, 3.63) is 0 Å². The number of carbonyl (C=O) groups excluding carboxylic acids is 9. The fourth-order valence-electron chi connectivity index (χ4n) is 4.20. The van der Waals surface area contributed by atoms with E-state index in [0.29, 0.717) is 0 Å². The molecular formula is C28H38O19. The average molecular weight is 679 g/mol. The first-order valence-electron chi connectivity index (χ1n) is 13.9. The highest BCUT2D eigenvalue weighted by atomic mass is 16.7. The molecule has 8 atom stereocenters. The van der Waals surface area contributed by atoms with Crippen molar-refractivity contribution in [2.24, 2.45) is 0 Å². The molecule has 0 aliphatic carbocycles. The van der Waals surface area contributed by atoms with Crippen molar-refractivity contribution in [3.8, 4) is 0 Å². The quantitative estimate of drug-likeness (QED) is 0.140. The van der Waals surface area contributed by atoms with Crippen LogP contribution in [0.15, 0.2) is 0 Å². The maximum Gasteiger partial charge on any atom is 0.303 e. The molecule has 47 heavy (non-hydrogen) atoms. The predicted octanol–water partition coefficient (Wildman–Crippen LogP) is -0.987. The van der Waals surface area contributed by atoms with E-state index in [1.165, 1.54) is 0 Å². The van der Waals surface area contributed by atoms with Gasteiger partial charge in [0.1, 0.15) is 12.7 Å². The second-order valence-corrected chi connectivity index (χ2v) is 9.90. The van der Waals surface area contributed by atoms with Gasteiger partial charge in [-0.05, 0) is 0 Å². The van der Waals surface area contributed by atoms with E-state index in [2.05, 4.69) is 4.74 Å². The van der Waals surface area contributed by atoms with Crippen LogP contribution in [0.3, 0.4) is 0 Å². The Labute approximate surface area is 268 Å². The van der Waals surface area contributed by atoms with E-state index in [1.54, 1.807) is 0 Å². The van der Waals surface area contributed by atoms with Gasteiger partial charge in [-0.3, -0.25) is 43.2 Å². The maximum atomic E-state index is 13.0. The summed E-state index contributed by atoms with van der Waals surface area (Å²) >= 11 is 0. The van der Waals surface area contributed by atoms with E-state index in [-0.39, 0.29) is 0 Å². The van der Waals surface area contributed by atoms with E-state index < -0.39 is 122 Å². The van der Waals surface area contributed by atoms with Gasteiger partial charge in [-0.25, -0.2) is 0 Å². The lowest BCUT2D eigenvalue weighted by atomic mass is 9.98. The maximum absolute atomic E-state index is 13.0. The van der Waals surface area contributed by atoms with Crippen molar-refractivity contribution >= 4 is 53.5 Å². The van der Waals surface area contributed by atoms with Crippen molar-refractivity contribution in [2.45, 2.75) is 104 Å². The molecule has 1 rings (SSSR count). The predicted molar refractivity (Wildman–Crippen MR) is 146 cm³/mol. The zero-order chi connectivity index (χ0) is 36.0. The Balaban J connectivity index is 3.65. The van der Waals surface area contributed by atoms with Crippen molar-refractivity contribution < 1.29 is 90.5 Å². The molecule has 0 aromatic heterocycles. The second-order valence-electron chi connectivity index (χ2n) is 9.90. The fraction of sp³-hybridized carbons (Fsp3) is 0.679. The summed E-state index contributed by atoms with van der Waals surface area (Å²) in [6.45, 7) is 5.53. The minimum Gasteiger partial charge on any atom is -0.463 e. The molecule has 264 valence electrons. The number of carbonyl (C=O) groups is 9. The van der Waals surface area contributed by atoms with Crippen LogP contribution in [-0.4, -0.2) is 122 Å². The summed E-state index contributed by atoms with van der Waals surface area (Å²) in [5.74, 6) is -8.51. The molecular weight excluding hydrogens is 640 g/mol. The summed E-state index contributed by atoms with van der Waals surface area (Å²) in [4.78, 5) is 108. The summed E-state index contributed by atoms with van der Waals surface area (Å²) in [6, 6.07) is 0. The summed E-state index contributed by atoms with van der Waals surface area (Å²) < 4.78 is 52.7. The van der Waals surface area contributed by atoms with Crippen LogP contribution in [0.2, 0.25) is 0 Å². The number of hydrogen-bond acceptors (Lipinski definition) is 19. The van der Waals surface area contributed by atoms with Crippen molar-refractivity contribution in [2.75, 3.05) is 19.8 Å². The normalized spacial score (nSPS) is 22.2. The largest absolute Gasteiger partial charge is 0.463 e. The standard InChI is InChI=1S/C28H38O19/c1-12(29)38-9-20(37)23(42-15(4)32)24(43-16(5)33)21(41-14(3)31)11-40-28-27(46-19(8)36)26(45-18(7)35)25(44-17(6)34)22(47-28)10-39-13(2)30/h21-28H,9-11H2,1-8H3/t21-,22-,23-,24-,25-,26+,27-,28+/m1/s1. The minimum atomic E-state index is -2.00. The molecule has 1 aliphatic heterocycles. The minimum absolute atomic E-state index is 0.583. The molecule has 0 spiro atoms. The summed E-state index contributed by atoms with van der Waals surface area (Å²) in [5, 5.41) is 0. The average Bonchev–Trinajstić information content (AvgIpc) is 2.92. The third kappa shape index (κ3) is 14.5. The molecule has 1 saturated heterocycles. The Kier molecular flexibility index (Phi) is 16.4. The van der Waals surface area contributed by atoms with Crippen LogP contribution in [0.1, 0.15) is 55.4 Å². The van der Waals surface area contributed by atoms with Gasteiger partial charge in [0.15, 0.2) is 43.4 Å². The molecule has 19 heteroatoms. The van der Waals surface area contributed by atoms with E-state index in [1.807, 2.05) is 0 Å². The Morgan fingerprint density at radius 2 is 1.04 bits per heavy atom. The van der Waals surface area contributed by atoms with Crippen LogP contribution in [0.5, 0.6) is 0 Å². The lowest BCUT2D eigenvalue weighted by molar-refractivity contribution is -0.313. The van der Waals surface area contributed by atoms with Gasteiger partial charge in [0, 0.05) is 55.4 Å². The molecule has 0 radical (unpaired) electrons. The monoisotopic (exact) mass is 678 g/mol. The van der Waals surface area contributed by atoms with Gasteiger partial charge in [-0.15, -0.1) is 0 Å². The van der Waals surface area contributed by atoms with E-state index in [0.717, 1.165) is 55.4 Å². The first kappa shape index (κ1) is 40.4. The number of ether oxygens (including phenoxy) is 10. The van der Waals surface area contributed by atoms with Crippen molar-refractivity contribution in [1.82, 2.24) is 0 Å². The van der Waals surface area contributed by atoms with Crippen LogP contribution in [0.25, 0.3) is 0 Å². The molecule has 0 saturated carbocycles. The molecule has 1 fully saturated rings. The molecule has 0 aromatic rings. The topological polar surface area (TPSA) is 246 Å². The Morgan fingerprint density at radius 1 is 0.553 bits per heavy atom.